The lowest BCUT2D eigenvalue weighted by Crippen LogP contribution is -2.07. The minimum atomic E-state index is 0.977. The lowest BCUT2D eigenvalue weighted by molar-refractivity contribution is 1.12. The van der Waals surface area contributed by atoms with Crippen LogP contribution in [0.1, 0.15) is 12.5 Å². The third-order valence-corrected chi connectivity index (χ3v) is 2.34. The molecule has 0 saturated carbocycles. The molecule has 0 unspecified atom stereocenters. The molecule has 2 rings (SSSR count). The van der Waals surface area contributed by atoms with Gasteiger partial charge in [0.2, 0.25) is 0 Å². The van der Waals surface area contributed by atoms with Crippen molar-refractivity contribution < 1.29 is 0 Å². The van der Waals surface area contributed by atoms with Gasteiger partial charge < -0.3 is 4.98 Å². The molecule has 0 aromatic carbocycles. The van der Waals surface area contributed by atoms with E-state index in [0.717, 1.165) is 12.1 Å². The number of aryl methyl sites for hydroxylation is 1. The van der Waals surface area contributed by atoms with Gasteiger partial charge in [-0.05, 0) is 24.2 Å². The first-order valence-electron chi connectivity index (χ1n) is 4.60. The smallest absolute Gasteiger partial charge is 0.151 e. The molecule has 2 aromatic rings. The Labute approximate surface area is 78.6 Å². The van der Waals surface area contributed by atoms with Gasteiger partial charge in [-0.15, -0.1) is 0 Å². The number of rotatable bonds is 2. The van der Waals surface area contributed by atoms with Gasteiger partial charge in [-0.1, -0.05) is 19.2 Å². The molecule has 2 aromatic heterocycles. The molecule has 1 N–H and O–H groups in total. The van der Waals surface area contributed by atoms with Crippen molar-refractivity contribution in [3.63, 3.8) is 0 Å². The average Bonchev–Trinajstić information content (AvgIpc) is 2.59. The largest absolute Gasteiger partial charge is 0.347 e. The summed E-state index contributed by atoms with van der Waals surface area (Å²) >= 11 is 0. The molecule has 1 radical (unpaired) electrons. The van der Waals surface area contributed by atoms with Crippen molar-refractivity contribution in [1.82, 2.24) is 9.97 Å². The van der Waals surface area contributed by atoms with Crippen molar-refractivity contribution in [2.24, 2.45) is 0 Å². The minimum Gasteiger partial charge on any atom is -0.347 e. The minimum absolute atomic E-state index is 0.977. The highest BCUT2D eigenvalue weighted by Gasteiger charge is 2.03. The third kappa shape index (κ3) is 1.35. The second-order valence-corrected chi connectivity index (χ2v) is 3.13. The van der Waals surface area contributed by atoms with E-state index in [-0.39, 0.29) is 0 Å². The van der Waals surface area contributed by atoms with E-state index < -0.39 is 0 Å². The number of nitrogens with zero attached hydrogens (tertiary/aromatic N) is 1. The van der Waals surface area contributed by atoms with Crippen LogP contribution in [0.4, 0.5) is 0 Å². The zero-order chi connectivity index (χ0) is 9.26. The summed E-state index contributed by atoms with van der Waals surface area (Å²) in [6.07, 6.45) is 4.96. The molecule has 2 heterocycles. The molecular formula is C10H12BN2. The molecule has 0 aliphatic rings. The fourth-order valence-electron chi connectivity index (χ4n) is 1.50. The SMILES string of the molecule is C[B]c1c[nH]c2ncc(CC)cc12. The number of H-pyrrole nitrogens is 1. The van der Waals surface area contributed by atoms with E-state index in [0.29, 0.717) is 0 Å². The van der Waals surface area contributed by atoms with E-state index in [1.54, 1.807) is 0 Å². The monoisotopic (exact) mass is 171 g/mol. The van der Waals surface area contributed by atoms with Gasteiger partial charge in [-0.25, -0.2) is 4.98 Å². The first-order chi connectivity index (χ1) is 6.35. The van der Waals surface area contributed by atoms with E-state index >= 15 is 0 Å². The summed E-state index contributed by atoms with van der Waals surface area (Å²) in [6, 6.07) is 2.20. The molecule has 0 amide bonds. The molecule has 3 heteroatoms. The average molecular weight is 171 g/mol. The van der Waals surface area contributed by atoms with Crippen LogP contribution in [0.15, 0.2) is 18.5 Å². The second kappa shape index (κ2) is 3.25. The molecule has 0 aliphatic heterocycles. The van der Waals surface area contributed by atoms with Crippen LogP contribution in [0.3, 0.4) is 0 Å². The first kappa shape index (κ1) is 8.36. The van der Waals surface area contributed by atoms with Gasteiger partial charge in [0.1, 0.15) is 5.65 Å². The fourth-order valence-corrected chi connectivity index (χ4v) is 1.50. The van der Waals surface area contributed by atoms with Crippen molar-refractivity contribution in [2.45, 2.75) is 20.2 Å². The molecular weight excluding hydrogens is 159 g/mol. The molecule has 65 valence electrons. The first-order valence-corrected chi connectivity index (χ1v) is 4.60. The number of aromatic amines is 1. The molecule has 13 heavy (non-hydrogen) atoms. The van der Waals surface area contributed by atoms with Gasteiger partial charge in [0.25, 0.3) is 0 Å². The number of hydrogen-bond donors (Lipinski definition) is 1. The highest BCUT2D eigenvalue weighted by atomic mass is 14.8. The normalized spacial score (nSPS) is 10.6. The Morgan fingerprint density at radius 3 is 3.08 bits per heavy atom. The van der Waals surface area contributed by atoms with E-state index in [4.69, 9.17) is 0 Å². The van der Waals surface area contributed by atoms with E-state index in [2.05, 4.69) is 30.2 Å². The van der Waals surface area contributed by atoms with Gasteiger partial charge >= 0.3 is 0 Å². The maximum Gasteiger partial charge on any atom is 0.151 e. The quantitative estimate of drug-likeness (QED) is 0.681. The second-order valence-electron chi connectivity index (χ2n) is 3.13. The van der Waals surface area contributed by atoms with Crippen molar-refractivity contribution in [3.8, 4) is 0 Å². The molecule has 2 nitrogen and oxygen atoms in total. The third-order valence-electron chi connectivity index (χ3n) is 2.34. The van der Waals surface area contributed by atoms with Gasteiger partial charge in [0.05, 0.1) is 0 Å². The van der Waals surface area contributed by atoms with Crippen LogP contribution in [0.5, 0.6) is 0 Å². The Morgan fingerprint density at radius 1 is 1.54 bits per heavy atom. The Bertz CT molecular complexity index is 420. The predicted octanol–water partition coefficient (Wildman–Crippen LogP) is 1.50. The summed E-state index contributed by atoms with van der Waals surface area (Å²) in [6.45, 7) is 4.19. The zero-order valence-corrected chi connectivity index (χ0v) is 7.96. The molecule has 0 spiro atoms. The summed E-state index contributed by atoms with van der Waals surface area (Å²) in [4.78, 5) is 7.49. The molecule has 0 aliphatic carbocycles. The van der Waals surface area contributed by atoms with E-state index in [9.17, 15) is 0 Å². The van der Waals surface area contributed by atoms with Crippen LogP contribution in [0.25, 0.3) is 11.0 Å². The predicted molar refractivity (Wildman–Crippen MR) is 56.7 cm³/mol. The van der Waals surface area contributed by atoms with Crippen LogP contribution >= 0.6 is 0 Å². The van der Waals surface area contributed by atoms with Crippen molar-refractivity contribution in [1.29, 1.82) is 0 Å². The summed E-state index contributed by atoms with van der Waals surface area (Å²) in [5, 5.41) is 1.22. The molecule has 0 saturated heterocycles. The lowest BCUT2D eigenvalue weighted by Gasteiger charge is -1.97. The summed E-state index contributed by atoms with van der Waals surface area (Å²) < 4.78 is 0. The Hall–Kier alpha value is -1.25. The zero-order valence-electron chi connectivity index (χ0n) is 7.96. The van der Waals surface area contributed by atoms with E-state index in [1.165, 1.54) is 16.4 Å². The van der Waals surface area contributed by atoms with Crippen molar-refractivity contribution >= 4 is 23.8 Å². The van der Waals surface area contributed by atoms with Gasteiger partial charge in [-0.2, -0.15) is 0 Å². The number of aromatic nitrogens is 2. The summed E-state index contributed by atoms with van der Waals surface area (Å²) in [5.74, 6) is 0. The van der Waals surface area contributed by atoms with Crippen LogP contribution in [-0.2, 0) is 6.42 Å². The molecule has 0 atom stereocenters. The van der Waals surface area contributed by atoms with Gasteiger partial charge in [0, 0.05) is 11.6 Å². The maximum absolute atomic E-state index is 4.35. The topological polar surface area (TPSA) is 28.7 Å². The van der Waals surface area contributed by atoms with Crippen LogP contribution in [0, 0.1) is 0 Å². The van der Waals surface area contributed by atoms with Gasteiger partial charge in [-0.3, -0.25) is 0 Å². The molecule has 0 bridgehead atoms. The highest BCUT2D eigenvalue weighted by molar-refractivity contribution is 6.55. The van der Waals surface area contributed by atoms with Gasteiger partial charge in [0.15, 0.2) is 7.28 Å². The Morgan fingerprint density at radius 2 is 2.38 bits per heavy atom. The van der Waals surface area contributed by atoms with Crippen molar-refractivity contribution in [3.05, 3.63) is 24.0 Å². The standard InChI is InChI=1S/C10H12BN2/c1-3-7-4-8-9(11-2)6-13-10(8)12-5-7/h4-6H,3H2,1-2H3,(H,12,13). The van der Waals surface area contributed by atoms with Crippen molar-refractivity contribution in [2.75, 3.05) is 0 Å². The number of pyridine rings is 1. The molecule has 0 fully saturated rings. The van der Waals surface area contributed by atoms with Crippen LogP contribution in [0.2, 0.25) is 6.82 Å². The summed E-state index contributed by atoms with van der Waals surface area (Å²) in [7, 11) is 2.10. The maximum atomic E-state index is 4.35. The highest BCUT2D eigenvalue weighted by Crippen LogP contribution is 2.09. The summed E-state index contributed by atoms with van der Waals surface area (Å²) in [5.41, 5.74) is 3.50. The van der Waals surface area contributed by atoms with Crippen LogP contribution < -0.4 is 5.46 Å². The fraction of sp³-hybridized carbons (Fsp3) is 0.300. The number of fused-ring (bicyclic) bond motifs is 1. The number of hydrogen-bond acceptors (Lipinski definition) is 1. The lowest BCUT2D eigenvalue weighted by atomic mass is 9.73. The Balaban J connectivity index is 2.64. The Kier molecular flexibility index (Phi) is 2.09. The van der Waals surface area contributed by atoms with E-state index in [1.807, 2.05) is 19.2 Å². The number of nitrogens with one attached hydrogen (secondary N) is 1. The van der Waals surface area contributed by atoms with Crippen LogP contribution in [-0.4, -0.2) is 17.2 Å².